The number of para-hydroxylation sites is 1. The fraction of sp³-hybridized carbons (Fsp3) is 0.272. The number of hydrogen-bond acceptors (Lipinski definition) is 20. The number of nitrogens with zero attached hydrogens (tertiary/aromatic N) is 8. The number of aryl methyl sites for hydroxylation is 4. The minimum atomic E-state index is -0.764. The highest BCUT2D eigenvalue weighted by Crippen LogP contribution is 2.39. The highest BCUT2D eigenvalue weighted by atomic mass is 19.1. The van der Waals surface area contributed by atoms with Crippen LogP contribution in [0.1, 0.15) is 192 Å². The van der Waals surface area contributed by atoms with E-state index in [9.17, 15) is 47.5 Å². The first-order valence-corrected chi connectivity index (χ1v) is 45.3. The number of rotatable bonds is 28. The third kappa shape index (κ3) is 23.9. The van der Waals surface area contributed by atoms with Crippen LogP contribution in [0.3, 0.4) is 0 Å². The van der Waals surface area contributed by atoms with Crippen molar-refractivity contribution in [3.63, 3.8) is 0 Å². The maximum Gasteiger partial charge on any atom is 0.308 e. The van der Waals surface area contributed by atoms with E-state index in [0.717, 1.165) is 107 Å². The molecule has 2 aliphatic heterocycles. The number of benzene rings is 9. The molecule has 6 heterocycles. The molecular weight excluding hydrogens is 1720 g/mol. The summed E-state index contributed by atoms with van der Waals surface area (Å²) in [6.45, 7) is 16.4. The lowest BCUT2D eigenvalue weighted by atomic mass is 9.86. The predicted octanol–water partition coefficient (Wildman–Crippen LogP) is 12.3. The highest BCUT2D eigenvalue weighted by Gasteiger charge is 2.34. The van der Waals surface area contributed by atoms with E-state index in [-0.39, 0.29) is 86.8 Å². The Labute approximate surface area is 787 Å². The van der Waals surface area contributed by atoms with Gasteiger partial charge in [0, 0.05) is 83.8 Å². The lowest BCUT2D eigenvalue weighted by Gasteiger charge is -2.28. The van der Waals surface area contributed by atoms with Gasteiger partial charge in [-0.15, -0.1) is 0 Å². The number of piperidine rings is 2. The number of halogens is 1. The number of hydrogen-bond donors (Lipinski definition) is 14. The molecule has 13 aromatic rings. The molecule has 136 heavy (non-hydrogen) atoms. The number of primary amides is 4. The van der Waals surface area contributed by atoms with Crippen LogP contribution < -0.4 is 77.8 Å². The number of carbonyl (C=O) groups is 9. The largest absolute Gasteiger partial charge is 0.466 e. The second kappa shape index (κ2) is 45.5. The number of esters is 1. The van der Waals surface area contributed by atoms with E-state index in [0.29, 0.717) is 145 Å². The Balaban J connectivity index is 0.000000154. The Hall–Kier alpha value is -15.9. The number of carbonyl (C=O) groups excluding carboxylic acids is 9. The first-order chi connectivity index (χ1) is 65.5. The molecule has 0 radical (unpaired) electrons. The van der Waals surface area contributed by atoms with Gasteiger partial charge in [0.05, 0.1) is 18.6 Å². The Kier molecular flexibility index (Phi) is 32.7. The SMILES string of the molecule is CCOC(=O)C1CCC(n2nc(-c3ccc(CNC(=O)c4ccccc4C)cc3)c(C(N)=O)c2N)CC1.Cc1ccccc1C(=O)NCc1ccc(-c2nn(-c3ccccc3F)c(N)c2C(N)=O)cc1.Cc1ccccc1C(=O)NCc1ccc(-c2nn(CC3CCCNC3)c(N)c2C(N)=O)cc1.Cc1ccccc1C(=O)NCc1ccc(-c2nn(CC3CCCNC3)c(N)c2C(N)=O)cc1. The van der Waals surface area contributed by atoms with Gasteiger partial charge in [-0.25, -0.2) is 23.1 Å². The summed E-state index contributed by atoms with van der Waals surface area (Å²) < 4.78 is 25.7. The molecule has 33 heteroatoms. The summed E-state index contributed by atoms with van der Waals surface area (Å²) in [6.07, 6.45) is 7.17. The van der Waals surface area contributed by atoms with Crippen molar-refractivity contribution in [2.45, 2.75) is 131 Å². The second-order valence-corrected chi connectivity index (χ2v) is 34.0. The van der Waals surface area contributed by atoms with E-state index < -0.39 is 29.4 Å². The minimum Gasteiger partial charge on any atom is -0.466 e. The molecule has 9 aromatic carbocycles. The van der Waals surface area contributed by atoms with Crippen LogP contribution in [0, 0.1) is 51.3 Å². The molecule has 1 saturated carbocycles. The molecule has 0 bridgehead atoms. The van der Waals surface area contributed by atoms with Gasteiger partial charge in [0.1, 0.15) is 79.8 Å². The second-order valence-electron chi connectivity index (χ2n) is 34.0. The van der Waals surface area contributed by atoms with Gasteiger partial charge < -0.3 is 82.5 Å². The normalized spacial score (nSPS) is 15.0. The summed E-state index contributed by atoms with van der Waals surface area (Å²) in [5.74, 6) is -2.32. The fourth-order valence-corrected chi connectivity index (χ4v) is 17.0. The first kappa shape index (κ1) is 97.6. The zero-order chi connectivity index (χ0) is 96.8. The lowest BCUT2D eigenvalue weighted by molar-refractivity contribution is -0.149. The maximum atomic E-state index is 14.3. The molecule has 1 aliphatic carbocycles. The molecule has 8 amide bonds. The van der Waals surface area contributed by atoms with Crippen LogP contribution in [0.2, 0.25) is 0 Å². The van der Waals surface area contributed by atoms with Crippen molar-refractivity contribution in [3.8, 4) is 50.7 Å². The average molecular weight is 1840 g/mol. The molecule has 2 atom stereocenters. The Bertz CT molecular complexity index is 6300. The molecule has 3 fully saturated rings. The molecule has 2 saturated heterocycles. The zero-order valence-corrected chi connectivity index (χ0v) is 76.7. The van der Waals surface area contributed by atoms with E-state index in [1.807, 2.05) is 185 Å². The predicted molar refractivity (Wildman–Crippen MR) is 522 cm³/mol. The number of aromatic nitrogens is 8. The highest BCUT2D eigenvalue weighted by molar-refractivity contribution is 6.06. The van der Waals surface area contributed by atoms with Crippen molar-refractivity contribution in [2.24, 2.45) is 40.7 Å². The number of amides is 8. The number of ether oxygens (including phenoxy) is 1. The number of nitrogens with one attached hydrogen (secondary N) is 6. The van der Waals surface area contributed by atoms with E-state index >= 15 is 0 Å². The van der Waals surface area contributed by atoms with Gasteiger partial charge in [0.2, 0.25) is 0 Å². The van der Waals surface area contributed by atoms with Gasteiger partial charge in [-0.2, -0.15) is 20.4 Å². The summed E-state index contributed by atoms with van der Waals surface area (Å²) in [4.78, 5) is 111. The van der Waals surface area contributed by atoms with Crippen LogP contribution >= 0.6 is 0 Å². The molecule has 22 N–H and O–H groups in total. The Morgan fingerprint density at radius 1 is 0.382 bits per heavy atom. The third-order valence-corrected chi connectivity index (χ3v) is 24.5. The summed E-state index contributed by atoms with van der Waals surface area (Å²) in [5, 5.41) is 36.8. The standard InChI is InChI=1S/C28H33N5O4.C25H22FN5O2.2C25H30N6O2/c1-3-37-28(36)20-12-14-21(15-13-20)33-25(29)23(26(30)34)24(32-33)19-10-8-18(9-11-19)16-31-27(35)22-7-5-4-6-17(22)2;1-15-6-2-3-7-18(15)25(33)29-14-16-10-12-17(13-11-16)22-21(24(28)32)23(27)31(30-22)20-9-5-4-8-19(20)26;2*1-16-5-2-3-7-20(16)25(33)29-14-17-8-10-19(11-9-17)22-21(24(27)32)23(26)31(30-22)15-18-6-4-12-28-13-18/h4-11,20-21H,3,12-16,29H2,1-2H3,(H2,30,34)(H,31,35);2-13H,14,27H2,1H3,(H2,28,32)(H,29,33);2*2-3,5,7-11,18,28H,4,6,12-15,26H2,1H3,(H2,27,32)(H,29,33). The molecule has 0 spiro atoms. The maximum absolute atomic E-state index is 14.3. The zero-order valence-electron chi connectivity index (χ0n) is 76.7. The van der Waals surface area contributed by atoms with Crippen LogP contribution in [-0.2, 0) is 48.8 Å². The lowest BCUT2D eigenvalue weighted by Crippen LogP contribution is -2.32. The molecule has 32 nitrogen and oxygen atoms in total. The minimum absolute atomic E-state index is 0.0128. The topological polar surface area (TPSA) is 514 Å². The van der Waals surface area contributed by atoms with Crippen molar-refractivity contribution in [1.82, 2.24) is 71.0 Å². The summed E-state index contributed by atoms with van der Waals surface area (Å²) in [7, 11) is 0. The Morgan fingerprint density at radius 3 is 1.01 bits per heavy atom. The molecule has 16 rings (SSSR count). The number of anilines is 4. The van der Waals surface area contributed by atoms with Crippen LogP contribution in [0.15, 0.2) is 218 Å². The van der Waals surface area contributed by atoms with Crippen molar-refractivity contribution >= 4 is 76.5 Å². The van der Waals surface area contributed by atoms with Gasteiger partial charge in [0.25, 0.3) is 47.3 Å². The molecule has 704 valence electrons. The van der Waals surface area contributed by atoms with Gasteiger partial charge in [-0.1, -0.05) is 182 Å². The van der Waals surface area contributed by atoms with Crippen molar-refractivity contribution in [1.29, 1.82) is 0 Å². The van der Waals surface area contributed by atoms with Crippen LogP contribution in [0.5, 0.6) is 0 Å². The van der Waals surface area contributed by atoms with Gasteiger partial charge in [-0.05, 0) is 205 Å². The van der Waals surface area contributed by atoms with Crippen LogP contribution in [-0.4, -0.2) is 125 Å². The van der Waals surface area contributed by atoms with Crippen molar-refractivity contribution < 1.29 is 52.3 Å². The fourth-order valence-electron chi connectivity index (χ4n) is 17.0. The molecular formula is C103H115FN22O10. The third-order valence-electron chi connectivity index (χ3n) is 24.5. The van der Waals surface area contributed by atoms with Crippen LogP contribution in [0.4, 0.5) is 27.7 Å². The summed E-state index contributed by atoms with van der Waals surface area (Å²) in [5.41, 5.74) is 62.6. The number of nitrogens with two attached hydrogens (primary N) is 8. The summed E-state index contributed by atoms with van der Waals surface area (Å²) >= 11 is 0. The van der Waals surface area contributed by atoms with E-state index in [1.165, 1.54) is 16.8 Å². The first-order valence-electron chi connectivity index (χ1n) is 45.3. The van der Waals surface area contributed by atoms with Crippen LogP contribution in [0.25, 0.3) is 50.7 Å². The monoisotopic (exact) mass is 1840 g/mol. The van der Waals surface area contributed by atoms with Crippen molar-refractivity contribution in [2.75, 3.05) is 55.7 Å². The van der Waals surface area contributed by atoms with Gasteiger partial charge in [-0.3, -0.25) is 43.2 Å². The summed E-state index contributed by atoms with van der Waals surface area (Å²) in [6, 6.07) is 65.3. The smallest absolute Gasteiger partial charge is 0.308 e. The van der Waals surface area contributed by atoms with E-state index in [4.69, 9.17) is 50.6 Å². The molecule has 4 aromatic heterocycles. The van der Waals surface area contributed by atoms with Gasteiger partial charge in [0.15, 0.2) is 0 Å². The van der Waals surface area contributed by atoms with Gasteiger partial charge >= 0.3 is 5.97 Å². The Morgan fingerprint density at radius 2 is 0.691 bits per heavy atom. The quantitative estimate of drug-likeness (QED) is 0.0203. The molecule has 3 aliphatic rings. The number of nitrogen functional groups attached to an aromatic ring is 4. The average Bonchev–Trinajstić information content (AvgIpc) is 1.62. The van der Waals surface area contributed by atoms with E-state index in [1.54, 1.807) is 69.5 Å². The van der Waals surface area contributed by atoms with E-state index in [2.05, 4.69) is 52.3 Å². The molecule has 2 unspecified atom stereocenters. The van der Waals surface area contributed by atoms with Crippen molar-refractivity contribution in [3.05, 3.63) is 313 Å².